The molecule has 0 atom stereocenters. The topological polar surface area (TPSA) is 69.7 Å². The number of hydrogen-bond donors (Lipinski definition) is 1. The van der Waals surface area contributed by atoms with E-state index in [0.717, 1.165) is 12.1 Å². The van der Waals surface area contributed by atoms with Gasteiger partial charge in [0.15, 0.2) is 11.6 Å². The maximum Gasteiger partial charge on any atom is 0.255 e. The molecule has 0 aliphatic carbocycles. The lowest BCUT2D eigenvalue weighted by atomic mass is 10.1. The average Bonchev–Trinajstić information content (AvgIpc) is 2.93. The van der Waals surface area contributed by atoms with E-state index in [0.29, 0.717) is 18.7 Å². The summed E-state index contributed by atoms with van der Waals surface area (Å²) in [6, 6.07) is 8.10. The van der Waals surface area contributed by atoms with Gasteiger partial charge in [-0.05, 0) is 42.8 Å². The molecule has 1 N–H and O–H groups in total. The first kappa shape index (κ1) is 19.1. The first-order valence-corrected chi connectivity index (χ1v) is 9.88. The van der Waals surface area contributed by atoms with E-state index in [1.165, 1.54) is 47.6 Å². The van der Waals surface area contributed by atoms with Crippen LogP contribution in [0.15, 0.2) is 36.4 Å². The molecule has 1 saturated heterocycles. The molecule has 0 unspecified atom stereocenters. The Labute approximate surface area is 156 Å². The summed E-state index contributed by atoms with van der Waals surface area (Å²) in [5.41, 5.74) is 0.528. The number of hydrogen-bond acceptors (Lipinski definition) is 4. The van der Waals surface area contributed by atoms with E-state index < -0.39 is 27.6 Å². The van der Waals surface area contributed by atoms with E-state index in [-0.39, 0.29) is 22.7 Å². The van der Waals surface area contributed by atoms with Gasteiger partial charge in [0.1, 0.15) is 5.69 Å². The van der Waals surface area contributed by atoms with Crippen molar-refractivity contribution < 1.29 is 22.0 Å². The summed E-state index contributed by atoms with van der Waals surface area (Å²) < 4.78 is 53.2. The number of anilines is 3. The van der Waals surface area contributed by atoms with Crippen LogP contribution in [-0.4, -0.2) is 40.7 Å². The van der Waals surface area contributed by atoms with E-state index in [1.807, 2.05) is 0 Å². The van der Waals surface area contributed by atoms with E-state index in [2.05, 4.69) is 5.32 Å². The third-order valence-corrected chi connectivity index (χ3v) is 6.11. The van der Waals surface area contributed by atoms with Crippen LogP contribution in [0.2, 0.25) is 0 Å². The molecule has 0 aromatic heterocycles. The molecule has 6 nitrogen and oxygen atoms in total. The highest BCUT2D eigenvalue weighted by Crippen LogP contribution is 2.27. The SMILES string of the molecule is CN(C)c1c(F)cc(NC(=O)c2ccc(N3CCCS3(=O)=O)cc2)cc1F. The van der Waals surface area contributed by atoms with E-state index in [1.54, 1.807) is 0 Å². The molecule has 1 heterocycles. The number of amides is 1. The van der Waals surface area contributed by atoms with Gasteiger partial charge in [-0.2, -0.15) is 0 Å². The van der Waals surface area contributed by atoms with E-state index >= 15 is 0 Å². The second kappa shape index (κ2) is 7.15. The fourth-order valence-corrected chi connectivity index (χ4v) is 4.54. The Balaban J connectivity index is 1.77. The highest BCUT2D eigenvalue weighted by molar-refractivity contribution is 7.93. The second-order valence-corrected chi connectivity index (χ2v) is 8.44. The van der Waals surface area contributed by atoms with Gasteiger partial charge in [-0.25, -0.2) is 17.2 Å². The number of nitrogens with one attached hydrogen (secondary N) is 1. The molecule has 2 aromatic carbocycles. The van der Waals surface area contributed by atoms with Crippen molar-refractivity contribution in [3.05, 3.63) is 53.6 Å². The predicted octanol–water partition coefficient (Wildman–Crippen LogP) is 2.82. The lowest BCUT2D eigenvalue weighted by Gasteiger charge is -2.17. The van der Waals surface area contributed by atoms with Crippen LogP contribution in [0.25, 0.3) is 0 Å². The maximum absolute atomic E-state index is 14.0. The van der Waals surface area contributed by atoms with Crippen LogP contribution in [0.1, 0.15) is 16.8 Å². The van der Waals surface area contributed by atoms with Crippen molar-refractivity contribution in [3.63, 3.8) is 0 Å². The van der Waals surface area contributed by atoms with Gasteiger partial charge in [-0.15, -0.1) is 0 Å². The van der Waals surface area contributed by atoms with Gasteiger partial charge in [0.25, 0.3) is 5.91 Å². The third kappa shape index (κ3) is 3.87. The monoisotopic (exact) mass is 395 g/mol. The minimum absolute atomic E-state index is 0.00760. The zero-order valence-electron chi connectivity index (χ0n) is 14.9. The van der Waals surface area contributed by atoms with Crippen molar-refractivity contribution in [1.29, 1.82) is 0 Å². The summed E-state index contributed by atoms with van der Waals surface area (Å²) >= 11 is 0. The van der Waals surface area contributed by atoms with E-state index in [4.69, 9.17) is 0 Å². The standard InChI is InChI=1S/C18H19F2N3O3S/c1-22(2)17-15(19)10-13(11-16(17)20)21-18(24)12-4-6-14(7-5-12)23-8-3-9-27(23,25)26/h4-7,10-11H,3,8-9H2,1-2H3,(H,21,24). The molecule has 0 saturated carbocycles. The fourth-order valence-electron chi connectivity index (χ4n) is 2.98. The van der Waals surface area contributed by atoms with Crippen LogP contribution in [0.3, 0.4) is 0 Å². The highest BCUT2D eigenvalue weighted by Gasteiger charge is 2.28. The molecule has 0 spiro atoms. The Morgan fingerprint density at radius 3 is 2.19 bits per heavy atom. The molecule has 0 bridgehead atoms. The lowest BCUT2D eigenvalue weighted by Crippen LogP contribution is -2.25. The van der Waals surface area contributed by atoms with Crippen LogP contribution in [-0.2, 0) is 10.0 Å². The number of benzene rings is 2. The molecular formula is C18H19F2N3O3S. The molecule has 1 amide bonds. The summed E-state index contributed by atoms with van der Waals surface area (Å²) in [5, 5.41) is 2.44. The van der Waals surface area contributed by atoms with Crippen LogP contribution in [0.5, 0.6) is 0 Å². The van der Waals surface area contributed by atoms with Gasteiger partial charge in [0.05, 0.1) is 11.4 Å². The number of halogens is 2. The number of sulfonamides is 1. The minimum Gasteiger partial charge on any atom is -0.373 e. The molecule has 9 heteroatoms. The van der Waals surface area contributed by atoms with Crippen molar-refractivity contribution in [2.24, 2.45) is 0 Å². The first-order chi connectivity index (χ1) is 12.7. The molecule has 144 valence electrons. The Bertz CT molecular complexity index is 953. The quantitative estimate of drug-likeness (QED) is 0.864. The number of rotatable bonds is 4. The molecule has 1 aliphatic heterocycles. The zero-order valence-corrected chi connectivity index (χ0v) is 15.7. The average molecular weight is 395 g/mol. The Hall–Kier alpha value is -2.68. The summed E-state index contributed by atoms with van der Waals surface area (Å²) in [7, 11) is -0.266. The first-order valence-electron chi connectivity index (χ1n) is 8.27. The number of carbonyl (C=O) groups is 1. The minimum atomic E-state index is -3.30. The normalized spacial score (nSPS) is 15.6. The van der Waals surface area contributed by atoms with Crippen LogP contribution in [0.4, 0.5) is 25.8 Å². The summed E-state index contributed by atoms with van der Waals surface area (Å²) in [5.74, 6) is -2.02. The van der Waals surface area contributed by atoms with Gasteiger partial charge in [-0.3, -0.25) is 9.10 Å². The van der Waals surface area contributed by atoms with Gasteiger partial charge in [0.2, 0.25) is 10.0 Å². The van der Waals surface area contributed by atoms with Crippen LogP contribution in [0, 0.1) is 11.6 Å². The van der Waals surface area contributed by atoms with Gasteiger partial charge in [-0.1, -0.05) is 0 Å². The third-order valence-electron chi connectivity index (χ3n) is 4.24. The Kier molecular flexibility index (Phi) is 5.05. The van der Waals surface area contributed by atoms with Crippen molar-refractivity contribution in [1.82, 2.24) is 0 Å². The second-order valence-electron chi connectivity index (χ2n) is 6.43. The summed E-state index contributed by atoms with van der Waals surface area (Å²) in [6.07, 6.45) is 0.560. The summed E-state index contributed by atoms with van der Waals surface area (Å²) in [6.45, 7) is 0.407. The zero-order chi connectivity index (χ0) is 19.8. The molecular weight excluding hydrogens is 376 g/mol. The van der Waals surface area contributed by atoms with Gasteiger partial charge < -0.3 is 10.2 Å². The Morgan fingerprint density at radius 1 is 1.11 bits per heavy atom. The maximum atomic E-state index is 14.0. The van der Waals surface area contributed by atoms with E-state index in [9.17, 15) is 22.0 Å². The van der Waals surface area contributed by atoms with Gasteiger partial charge >= 0.3 is 0 Å². The van der Waals surface area contributed by atoms with Crippen LogP contribution < -0.4 is 14.5 Å². The highest BCUT2D eigenvalue weighted by atomic mass is 32.2. The Morgan fingerprint density at radius 2 is 1.70 bits per heavy atom. The van der Waals surface area contributed by atoms with Crippen LogP contribution >= 0.6 is 0 Å². The number of nitrogens with zero attached hydrogens (tertiary/aromatic N) is 2. The molecule has 1 aliphatic rings. The lowest BCUT2D eigenvalue weighted by molar-refractivity contribution is 0.102. The molecule has 0 radical (unpaired) electrons. The van der Waals surface area contributed by atoms with Crippen molar-refractivity contribution in [2.75, 3.05) is 40.9 Å². The molecule has 1 fully saturated rings. The summed E-state index contributed by atoms with van der Waals surface area (Å²) in [4.78, 5) is 13.6. The number of carbonyl (C=O) groups excluding carboxylic acids is 1. The molecule has 2 aromatic rings. The van der Waals surface area contributed by atoms with Crippen molar-refractivity contribution >= 4 is 33.0 Å². The van der Waals surface area contributed by atoms with Crippen molar-refractivity contribution in [2.45, 2.75) is 6.42 Å². The molecule has 27 heavy (non-hydrogen) atoms. The van der Waals surface area contributed by atoms with Crippen molar-refractivity contribution in [3.8, 4) is 0 Å². The largest absolute Gasteiger partial charge is 0.373 e. The predicted molar refractivity (Wildman–Crippen MR) is 101 cm³/mol. The smallest absolute Gasteiger partial charge is 0.255 e. The molecule has 3 rings (SSSR count). The fraction of sp³-hybridized carbons (Fsp3) is 0.278. The van der Waals surface area contributed by atoms with Gasteiger partial charge in [0, 0.05) is 31.9 Å².